The summed E-state index contributed by atoms with van der Waals surface area (Å²) in [6.07, 6.45) is 0.142. The van der Waals surface area contributed by atoms with E-state index in [4.69, 9.17) is 9.52 Å². The zero-order valence-corrected chi connectivity index (χ0v) is 12.2. The molecule has 0 bridgehead atoms. The lowest BCUT2D eigenvalue weighted by molar-refractivity contribution is -0.137. The molecule has 1 aromatic carbocycles. The van der Waals surface area contributed by atoms with Gasteiger partial charge in [0.25, 0.3) is 0 Å². The molecule has 0 aliphatic rings. The van der Waals surface area contributed by atoms with Gasteiger partial charge in [0.15, 0.2) is 0 Å². The monoisotopic (exact) mass is 275 g/mol. The summed E-state index contributed by atoms with van der Waals surface area (Å²) in [5.74, 6) is 0.109. The molecule has 0 aliphatic carbocycles. The quantitative estimate of drug-likeness (QED) is 0.873. The van der Waals surface area contributed by atoms with E-state index in [0.29, 0.717) is 6.54 Å². The molecule has 0 aliphatic heterocycles. The second kappa shape index (κ2) is 6.09. The third kappa shape index (κ3) is 3.20. The molecule has 0 saturated heterocycles. The lowest BCUT2D eigenvalue weighted by Crippen LogP contribution is -2.35. The molecule has 2 rings (SSSR count). The first kappa shape index (κ1) is 14.6. The van der Waals surface area contributed by atoms with Gasteiger partial charge < -0.3 is 9.52 Å². The van der Waals surface area contributed by atoms with Crippen LogP contribution in [0.5, 0.6) is 0 Å². The van der Waals surface area contributed by atoms with E-state index in [9.17, 15) is 4.79 Å². The number of carboxylic acid groups (broad SMARTS) is 1. The highest BCUT2D eigenvalue weighted by Gasteiger charge is 2.22. The molecule has 4 heteroatoms. The van der Waals surface area contributed by atoms with Crippen molar-refractivity contribution < 1.29 is 14.3 Å². The van der Waals surface area contributed by atoms with Crippen molar-refractivity contribution in [3.63, 3.8) is 0 Å². The Morgan fingerprint density at radius 2 is 2.00 bits per heavy atom. The molecule has 1 atom stereocenters. The van der Waals surface area contributed by atoms with Crippen LogP contribution < -0.4 is 0 Å². The topological polar surface area (TPSA) is 53.7 Å². The van der Waals surface area contributed by atoms with Gasteiger partial charge in [-0.05, 0) is 32.9 Å². The van der Waals surface area contributed by atoms with Crippen LogP contribution in [0.25, 0.3) is 11.0 Å². The molecule has 1 aromatic heterocycles. The molecular formula is C16H21NO3. The molecule has 0 fully saturated rings. The first-order valence-corrected chi connectivity index (χ1v) is 6.95. The third-order valence-corrected chi connectivity index (χ3v) is 3.60. The van der Waals surface area contributed by atoms with E-state index in [2.05, 4.69) is 25.7 Å². The Kier molecular flexibility index (Phi) is 4.45. The summed E-state index contributed by atoms with van der Waals surface area (Å²) in [6, 6.07) is 10.3. The Bertz CT molecular complexity index is 555. The normalized spacial score (nSPS) is 13.2. The van der Waals surface area contributed by atoms with Crippen molar-refractivity contribution in [2.24, 2.45) is 0 Å². The van der Waals surface area contributed by atoms with Gasteiger partial charge in [-0.15, -0.1) is 0 Å². The van der Waals surface area contributed by atoms with Crippen molar-refractivity contribution in [2.45, 2.75) is 39.3 Å². The number of carboxylic acids is 1. The molecular weight excluding hydrogens is 254 g/mol. The van der Waals surface area contributed by atoms with Gasteiger partial charge in [0, 0.05) is 18.0 Å². The number of carbonyl (C=O) groups is 1. The predicted octanol–water partition coefficient (Wildman–Crippen LogP) is 3.68. The highest BCUT2D eigenvalue weighted by molar-refractivity contribution is 5.77. The molecule has 0 saturated carbocycles. The number of fused-ring (bicyclic) bond motifs is 1. The zero-order valence-electron chi connectivity index (χ0n) is 12.2. The molecule has 4 nitrogen and oxygen atoms in total. The van der Waals surface area contributed by atoms with Gasteiger partial charge in [0.1, 0.15) is 11.3 Å². The third-order valence-electron chi connectivity index (χ3n) is 3.60. The largest absolute Gasteiger partial charge is 0.481 e. The van der Waals surface area contributed by atoms with E-state index in [-0.39, 0.29) is 18.5 Å². The number of nitrogens with zero attached hydrogens (tertiary/aromatic N) is 1. The number of furan rings is 1. The second-order valence-electron chi connectivity index (χ2n) is 5.34. The van der Waals surface area contributed by atoms with E-state index in [1.165, 1.54) is 0 Å². The van der Waals surface area contributed by atoms with E-state index in [1.807, 2.05) is 30.3 Å². The van der Waals surface area contributed by atoms with Crippen LogP contribution >= 0.6 is 0 Å². The predicted molar refractivity (Wildman–Crippen MR) is 78.7 cm³/mol. The lowest BCUT2D eigenvalue weighted by atomic mass is 10.1. The number of hydrogen-bond donors (Lipinski definition) is 1. The molecule has 1 unspecified atom stereocenters. The molecule has 0 radical (unpaired) electrons. The summed E-state index contributed by atoms with van der Waals surface area (Å²) in [7, 11) is 0. The average molecular weight is 275 g/mol. The minimum atomic E-state index is -0.771. The van der Waals surface area contributed by atoms with E-state index in [1.54, 1.807) is 0 Å². The number of rotatable bonds is 6. The van der Waals surface area contributed by atoms with Gasteiger partial charge in [-0.2, -0.15) is 0 Å². The summed E-state index contributed by atoms with van der Waals surface area (Å²) in [5, 5.41) is 9.94. The van der Waals surface area contributed by atoms with Crippen LogP contribution in [0.3, 0.4) is 0 Å². The molecule has 0 amide bonds. The molecule has 20 heavy (non-hydrogen) atoms. The molecule has 2 aromatic rings. The van der Waals surface area contributed by atoms with Crippen LogP contribution in [0.4, 0.5) is 0 Å². The van der Waals surface area contributed by atoms with Crippen molar-refractivity contribution in [1.29, 1.82) is 0 Å². The van der Waals surface area contributed by atoms with Crippen molar-refractivity contribution in [2.75, 3.05) is 6.54 Å². The van der Waals surface area contributed by atoms with Crippen molar-refractivity contribution in [3.8, 4) is 0 Å². The molecule has 1 heterocycles. The van der Waals surface area contributed by atoms with Gasteiger partial charge in [0.2, 0.25) is 0 Å². The maximum Gasteiger partial charge on any atom is 0.304 e. The van der Waals surface area contributed by atoms with Gasteiger partial charge in [-0.3, -0.25) is 9.69 Å². The standard InChI is InChI=1S/C16H21NO3/c1-11(2)17(9-8-16(18)19)12(3)15-10-13-6-4-5-7-14(13)20-15/h4-7,10-12H,8-9H2,1-3H3,(H,18,19). The highest BCUT2D eigenvalue weighted by Crippen LogP contribution is 2.28. The molecule has 0 spiro atoms. The van der Waals surface area contributed by atoms with Crippen molar-refractivity contribution >= 4 is 16.9 Å². The smallest absolute Gasteiger partial charge is 0.304 e. The van der Waals surface area contributed by atoms with Crippen LogP contribution in [0.2, 0.25) is 0 Å². The zero-order chi connectivity index (χ0) is 14.7. The minimum absolute atomic E-state index is 0.0572. The first-order valence-electron chi connectivity index (χ1n) is 6.95. The van der Waals surface area contributed by atoms with Crippen molar-refractivity contribution in [3.05, 3.63) is 36.1 Å². The van der Waals surface area contributed by atoms with Gasteiger partial charge in [-0.25, -0.2) is 0 Å². The highest BCUT2D eigenvalue weighted by atomic mass is 16.4. The fraction of sp³-hybridized carbons (Fsp3) is 0.438. The Labute approximate surface area is 119 Å². The number of benzene rings is 1. The Morgan fingerprint density at radius 3 is 2.60 bits per heavy atom. The van der Waals surface area contributed by atoms with E-state index >= 15 is 0 Å². The summed E-state index contributed by atoms with van der Waals surface area (Å²) in [5.41, 5.74) is 0.872. The Hall–Kier alpha value is -1.81. The number of para-hydroxylation sites is 1. The van der Waals surface area contributed by atoms with Gasteiger partial charge in [-0.1, -0.05) is 18.2 Å². The average Bonchev–Trinajstić information content (AvgIpc) is 2.81. The first-order chi connectivity index (χ1) is 9.49. The summed E-state index contributed by atoms with van der Waals surface area (Å²) in [4.78, 5) is 12.9. The van der Waals surface area contributed by atoms with Gasteiger partial charge in [0.05, 0.1) is 12.5 Å². The minimum Gasteiger partial charge on any atom is -0.481 e. The Balaban J connectivity index is 2.21. The maximum atomic E-state index is 10.8. The van der Waals surface area contributed by atoms with E-state index in [0.717, 1.165) is 16.7 Å². The number of hydrogen-bond acceptors (Lipinski definition) is 3. The molecule has 1 N–H and O–H groups in total. The van der Waals surface area contributed by atoms with Crippen molar-refractivity contribution in [1.82, 2.24) is 4.90 Å². The molecule has 108 valence electrons. The van der Waals surface area contributed by atoms with Crippen LogP contribution in [0.1, 0.15) is 39.0 Å². The van der Waals surface area contributed by atoms with Crippen LogP contribution in [-0.2, 0) is 4.79 Å². The summed E-state index contributed by atoms with van der Waals surface area (Å²) < 4.78 is 5.88. The fourth-order valence-corrected chi connectivity index (χ4v) is 2.50. The van der Waals surface area contributed by atoms with Crippen LogP contribution in [-0.4, -0.2) is 28.6 Å². The van der Waals surface area contributed by atoms with Crippen LogP contribution in [0.15, 0.2) is 34.7 Å². The summed E-state index contributed by atoms with van der Waals surface area (Å²) in [6.45, 7) is 6.72. The lowest BCUT2D eigenvalue weighted by Gasteiger charge is -2.30. The van der Waals surface area contributed by atoms with Gasteiger partial charge >= 0.3 is 5.97 Å². The SMILES string of the molecule is CC(C)N(CCC(=O)O)C(C)c1cc2ccccc2o1. The number of aliphatic carboxylic acids is 1. The van der Waals surface area contributed by atoms with E-state index < -0.39 is 5.97 Å². The fourth-order valence-electron chi connectivity index (χ4n) is 2.50. The summed E-state index contributed by atoms with van der Waals surface area (Å²) >= 11 is 0. The second-order valence-corrected chi connectivity index (χ2v) is 5.34. The Morgan fingerprint density at radius 1 is 1.30 bits per heavy atom. The maximum absolute atomic E-state index is 10.8. The van der Waals surface area contributed by atoms with Crippen LogP contribution in [0, 0.1) is 0 Å².